The predicted octanol–water partition coefficient (Wildman–Crippen LogP) is 2.85. The number of aryl methyl sites for hydroxylation is 1. The molecule has 0 radical (unpaired) electrons. The Kier molecular flexibility index (Phi) is 5.77. The highest BCUT2D eigenvalue weighted by atomic mass is 16.6. The smallest absolute Gasteiger partial charge is 0.311 e. The van der Waals surface area contributed by atoms with Gasteiger partial charge in [-0.05, 0) is 18.6 Å². The molecular weight excluding hydrogens is 210 g/mol. The van der Waals surface area contributed by atoms with Crippen LogP contribution in [-0.2, 0) is 4.79 Å². The third-order valence-electron chi connectivity index (χ3n) is 1.56. The van der Waals surface area contributed by atoms with Crippen LogP contribution in [0.1, 0.15) is 26.3 Å². The summed E-state index contributed by atoms with van der Waals surface area (Å²) < 4.78 is 4.68. The van der Waals surface area contributed by atoms with Crippen LogP contribution in [0.15, 0.2) is 18.2 Å². The van der Waals surface area contributed by atoms with Gasteiger partial charge in [-0.15, -0.1) is 0 Å². The summed E-state index contributed by atoms with van der Waals surface area (Å²) in [5, 5.41) is 10.6. The number of hydrogen-bond donors (Lipinski definition) is 0. The molecule has 88 valence electrons. The van der Waals surface area contributed by atoms with Gasteiger partial charge in [0.25, 0.3) is 0 Å². The average Bonchev–Trinajstić information content (AvgIpc) is 2.23. The highest BCUT2D eigenvalue weighted by molar-refractivity contribution is 5.71. The second-order valence-electron chi connectivity index (χ2n) is 2.82. The Bertz CT molecular complexity index is 388. The SMILES string of the molecule is CC.CC(=O)Oc1ccc(C)cc1[N+](=O)[O-]. The molecular formula is C11H15NO4. The van der Waals surface area contributed by atoms with Crippen molar-refractivity contribution in [2.75, 3.05) is 0 Å². The lowest BCUT2D eigenvalue weighted by Gasteiger charge is -2.02. The van der Waals surface area contributed by atoms with E-state index in [2.05, 4.69) is 4.74 Å². The lowest BCUT2D eigenvalue weighted by atomic mass is 10.2. The minimum Gasteiger partial charge on any atom is -0.419 e. The van der Waals surface area contributed by atoms with Gasteiger partial charge in [0.15, 0.2) is 0 Å². The number of ether oxygens (including phenoxy) is 1. The van der Waals surface area contributed by atoms with E-state index in [1.807, 2.05) is 13.8 Å². The molecule has 0 aliphatic carbocycles. The van der Waals surface area contributed by atoms with Gasteiger partial charge >= 0.3 is 11.7 Å². The van der Waals surface area contributed by atoms with Crippen LogP contribution in [0.2, 0.25) is 0 Å². The molecule has 1 rings (SSSR count). The number of nitrogens with zero attached hydrogens (tertiary/aromatic N) is 1. The highest BCUT2D eigenvalue weighted by Gasteiger charge is 2.16. The molecule has 0 spiro atoms. The molecule has 0 aliphatic heterocycles. The van der Waals surface area contributed by atoms with Crippen LogP contribution in [0.5, 0.6) is 5.75 Å². The van der Waals surface area contributed by atoms with Gasteiger partial charge in [-0.1, -0.05) is 19.9 Å². The van der Waals surface area contributed by atoms with Crippen LogP contribution in [-0.4, -0.2) is 10.9 Å². The van der Waals surface area contributed by atoms with Crippen LogP contribution in [0, 0.1) is 17.0 Å². The fourth-order valence-electron chi connectivity index (χ4n) is 1.01. The van der Waals surface area contributed by atoms with Crippen molar-refractivity contribution in [3.63, 3.8) is 0 Å². The summed E-state index contributed by atoms with van der Waals surface area (Å²) in [5.74, 6) is -0.593. The van der Waals surface area contributed by atoms with Crippen LogP contribution >= 0.6 is 0 Å². The molecule has 0 unspecified atom stereocenters. The zero-order valence-electron chi connectivity index (χ0n) is 9.81. The maximum Gasteiger partial charge on any atom is 0.311 e. The summed E-state index contributed by atoms with van der Waals surface area (Å²) in [6.07, 6.45) is 0. The number of benzene rings is 1. The summed E-state index contributed by atoms with van der Waals surface area (Å²) >= 11 is 0. The number of nitro benzene ring substituents is 1. The Morgan fingerprint density at radius 1 is 1.38 bits per heavy atom. The largest absolute Gasteiger partial charge is 0.419 e. The summed E-state index contributed by atoms with van der Waals surface area (Å²) in [6.45, 7) is 6.92. The molecule has 0 fully saturated rings. The van der Waals surface area contributed by atoms with Crippen LogP contribution in [0.3, 0.4) is 0 Å². The number of carbonyl (C=O) groups is 1. The molecule has 0 N–H and O–H groups in total. The van der Waals surface area contributed by atoms with E-state index in [-0.39, 0.29) is 11.4 Å². The Morgan fingerprint density at radius 2 is 1.94 bits per heavy atom. The molecule has 0 heterocycles. The number of hydrogen-bond acceptors (Lipinski definition) is 4. The van der Waals surface area contributed by atoms with Gasteiger partial charge in [0.1, 0.15) is 0 Å². The molecule has 1 aromatic carbocycles. The molecule has 5 nitrogen and oxygen atoms in total. The van der Waals surface area contributed by atoms with Crippen molar-refractivity contribution in [2.45, 2.75) is 27.7 Å². The topological polar surface area (TPSA) is 69.4 Å². The minimum atomic E-state index is -0.578. The Hall–Kier alpha value is -1.91. The summed E-state index contributed by atoms with van der Waals surface area (Å²) in [5.41, 5.74) is 0.549. The van der Waals surface area contributed by atoms with Crippen LogP contribution < -0.4 is 4.74 Å². The second-order valence-corrected chi connectivity index (χ2v) is 2.82. The summed E-state index contributed by atoms with van der Waals surface area (Å²) in [7, 11) is 0. The normalized spacial score (nSPS) is 8.75. The molecule has 0 saturated heterocycles. The molecule has 0 saturated carbocycles. The molecule has 0 aliphatic rings. The first-order chi connectivity index (χ1) is 7.50. The van der Waals surface area contributed by atoms with E-state index < -0.39 is 10.9 Å². The van der Waals surface area contributed by atoms with E-state index in [0.29, 0.717) is 0 Å². The first-order valence-corrected chi connectivity index (χ1v) is 4.94. The van der Waals surface area contributed by atoms with Gasteiger partial charge in [-0.25, -0.2) is 0 Å². The molecule has 1 aromatic rings. The van der Waals surface area contributed by atoms with Crippen molar-refractivity contribution in [1.29, 1.82) is 0 Å². The zero-order chi connectivity index (χ0) is 12.7. The van der Waals surface area contributed by atoms with E-state index in [9.17, 15) is 14.9 Å². The third-order valence-corrected chi connectivity index (χ3v) is 1.56. The van der Waals surface area contributed by atoms with Crippen molar-refractivity contribution in [1.82, 2.24) is 0 Å². The zero-order valence-corrected chi connectivity index (χ0v) is 9.81. The van der Waals surface area contributed by atoms with Gasteiger partial charge < -0.3 is 4.74 Å². The van der Waals surface area contributed by atoms with Gasteiger partial charge in [-0.2, -0.15) is 0 Å². The van der Waals surface area contributed by atoms with Gasteiger partial charge in [0.2, 0.25) is 5.75 Å². The van der Waals surface area contributed by atoms with E-state index in [1.165, 1.54) is 19.1 Å². The lowest BCUT2D eigenvalue weighted by molar-refractivity contribution is -0.385. The van der Waals surface area contributed by atoms with Gasteiger partial charge in [0.05, 0.1) is 4.92 Å². The number of nitro groups is 1. The van der Waals surface area contributed by atoms with E-state index in [4.69, 9.17) is 0 Å². The lowest BCUT2D eigenvalue weighted by Crippen LogP contribution is -2.04. The first-order valence-electron chi connectivity index (χ1n) is 4.94. The van der Waals surface area contributed by atoms with Crippen LogP contribution in [0.4, 0.5) is 5.69 Å². The fourth-order valence-corrected chi connectivity index (χ4v) is 1.01. The molecule has 0 atom stereocenters. The standard InChI is InChI=1S/C9H9NO4.C2H6/c1-6-3-4-9(14-7(2)11)8(5-6)10(12)13;1-2/h3-5H,1-2H3;1-2H3. The van der Waals surface area contributed by atoms with Gasteiger partial charge in [0, 0.05) is 13.0 Å². The van der Waals surface area contributed by atoms with Crippen LogP contribution in [0.25, 0.3) is 0 Å². The molecule has 16 heavy (non-hydrogen) atoms. The van der Waals surface area contributed by atoms with E-state index in [0.717, 1.165) is 5.56 Å². The average molecular weight is 225 g/mol. The quantitative estimate of drug-likeness (QED) is 0.336. The Labute approximate surface area is 94.2 Å². The van der Waals surface area contributed by atoms with Crippen molar-refractivity contribution in [2.24, 2.45) is 0 Å². The number of rotatable bonds is 2. The monoisotopic (exact) mass is 225 g/mol. The van der Waals surface area contributed by atoms with Crippen molar-refractivity contribution in [3.05, 3.63) is 33.9 Å². The summed E-state index contributed by atoms with van der Waals surface area (Å²) in [6, 6.07) is 4.42. The van der Waals surface area contributed by atoms with Gasteiger partial charge in [-0.3, -0.25) is 14.9 Å². The Balaban J connectivity index is 0.00000106. The van der Waals surface area contributed by atoms with Crippen molar-refractivity contribution < 1.29 is 14.5 Å². The number of esters is 1. The third kappa shape index (κ3) is 4.08. The maximum atomic E-state index is 10.6. The molecule has 5 heteroatoms. The van der Waals surface area contributed by atoms with Crippen molar-refractivity contribution in [3.8, 4) is 5.75 Å². The summed E-state index contributed by atoms with van der Waals surface area (Å²) in [4.78, 5) is 20.6. The van der Waals surface area contributed by atoms with E-state index in [1.54, 1.807) is 13.0 Å². The maximum absolute atomic E-state index is 10.6. The molecule has 0 bridgehead atoms. The fraction of sp³-hybridized carbons (Fsp3) is 0.364. The number of carbonyl (C=O) groups excluding carboxylic acids is 1. The minimum absolute atomic E-state index is 0.0203. The second kappa shape index (κ2) is 6.55. The molecule has 0 amide bonds. The van der Waals surface area contributed by atoms with E-state index >= 15 is 0 Å². The predicted molar refractivity (Wildman–Crippen MR) is 60.5 cm³/mol. The Morgan fingerprint density at radius 3 is 2.38 bits per heavy atom. The first kappa shape index (κ1) is 14.1. The molecule has 0 aromatic heterocycles. The highest BCUT2D eigenvalue weighted by Crippen LogP contribution is 2.27. The van der Waals surface area contributed by atoms with Crippen molar-refractivity contribution >= 4 is 11.7 Å².